The summed E-state index contributed by atoms with van der Waals surface area (Å²) in [7, 11) is 0. The third kappa shape index (κ3) is 1.55. The maximum absolute atomic E-state index is 9.57. The van der Waals surface area contributed by atoms with Gasteiger partial charge in [-0.25, -0.2) is 9.97 Å². The Morgan fingerprint density at radius 1 is 0.636 bits per heavy atom. The quantitative estimate of drug-likeness (QED) is 0.460. The van der Waals surface area contributed by atoms with Gasteiger partial charge in [0.1, 0.15) is 23.2 Å². The van der Waals surface area contributed by atoms with Crippen molar-refractivity contribution in [3.63, 3.8) is 0 Å². The van der Waals surface area contributed by atoms with Gasteiger partial charge in [0, 0.05) is 10.8 Å². The van der Waals surface area contributed by atoms with Crippen molar-refractivity contribution in [2.24, 2.45) is 0 Å². The molecule has 0 saturated carbocycles. The number of hydrogen-bond donors (Lipinski definition) is 0. The lowest BCUT2D eigenvalue weighted by Crippen LogP contribution is -1.96. The van der Waals surface area contributed by atoms with Gasteiger partial charge in [-0.3, -0.25) is 0 Å². The van der Waals surface area contributed by atoms with Gasteiger partial charge in [0.2, 0.25) is 0 Å². The van der Waals surface area contributed by atoms with Crippen molar-refractivity contribution < 1.29 is 0 Å². The van der Waals surface area contributed by atoms with Crippen LogP contribution in [-0.2, 0) is 0 Å². The summed E-state index contributed by atoms with van der Waals surface area (Å²) in [6.07, 6.45) is 0. The molecule has 0 N–H and O–H groups in total. The maximum atomic E-state index is 9.57. The summed E-state index contributed by atoms with van der Waals surface area (Å²) >= 11 is 0. The van der Waals surface area contributed by atoms with Crippen LogP contribution < -0.4 is 0 Å². The second-order valence-corrected chi connectivity index (χ2v) is 4.93. The van der Waals surface area contributed by atoms with Crippen LogP contribution >= 0.6 is 0 Å². The molecule has 0 aliphatic carbocycles. The van der Waals surface area contributed by atoms with Gasteiger partial charge in [-0.1, -0.05) is 36.4 Å². The summed E-state index contributed by atoms with van der Waals surface area (Å²) in [4.78, 5) is 9.14. The zero-order valence-corrected chi connectivity index (χ0v) is 11.4. The van der Waals surface area contributed by atoms with Crippen LogP contribution in [0.2, 0.25) is 0 Å². The Kier molecular flexibility index (Phi) is 2.51. The summed E-state index contributed by atoms with van der Waals surface area (Å²) in [5, 5.41) is 20.6. The first kappa shape index (κ1) is 12.3. The van der Waals surface area contributed by atoms with E-state index in [1.807, 2.05) is 48.5 Å². The van der Waals surface area contributed by atoms with Gasteiger partial charge in [0.15, 0.2) is 0 Å². The standard InChI is InChI=1S/C18H8N4/c19-9-13-11-5-1-2-6-12(11)14(10-20)18-17(13)21-15-7-3-4-8-16(15)22-18/h1-8H. The molecule has 0 unspecified atom stereocenters. The normalized spacial score (nSPS) is 10.6. The van der Waals surface area contributed by atoms with Crippen LogP contribution in [0.25, 0.3) is 32.8 Å². The van der Waals surface area contributed by atoms with Gasteiger partial charge in [0.05, 0.1) is 22.2 Å². The molecule has 0 atom stereocenters. The van der Waals surface area contributed by atoms with E-state index >= 15 is 0 Å². The fourth-order valence-electron chi connectivity index (χ4n) is 2.75. The summed E-state index contributed by atoms with van der Waals surface area (Å²) < 4.78 is 0. The predicted molar refractivity (Wildman–Crippen MR) is 84.0 cm³/mol. The highest BCUT2D eigenvalue weighted by atomic mass is 14.8. The molecule has 4 heteroatoms. The van der Waals surface area contributed by atoms with Crippen LogP contribution in [0.15, 0.2) is 48.5 Å². The van der Waals surface area contributed by atoms with Crippen molar-refractivity contribution in [3.8, 4) is 12.1 Å². The van der Waals surface area contributed by atoms with E-state index < -0.39 is 0 Å². The predicted octanol–water partition coefficient (Wildman–Crippen LogP) is 3.68. The van der Waals surface area contributed by atoms with Crippen LogP contribution in [0.1, 0.15) is 11.1 Å². The average molecular weight is 280 g/mol. The topological polar surface area (TPSA) is 73.4 Å². The van der Waals surface area contributed by atoms with Gasteiger partial charge in [0.25, 0.3) is 0 Å². The van der Waals surface area contributed by atoms with Crippen LogP contribution in [-0.4, -0.2) is 9.97 Å². The second kappa shape index (κ2) is 4.51. The lowest BCUT2D eigenvalue weighted by molar-refractivity contribution is 1.38. The Labute approximate surface area is 125 Å². The molecule has 4 nitrogen and oxygen atoms in total. The van der Waals surface area contributed by atoms with Gasteiger partial charge < -0.3 is 0 Å². The van der Waals surface area contributed by atoms with E-state index in [0.717, 1.165) is 10.8 Å². The molecular weight excluding hydrogens is 272 g/mol. The SMILES string of the molecule is N#Cc1c2ccccc2c(C#N)c2nc3ccccc3nc12. The van der Waals surface area contributed by atoms with Crippen LogP contribution in [0.5, 0.6) is 0 Å². The minimum absolute atomic E-state index is 0.461. The zero-order valence-electron chi connectivity index (χ0n) is 11.4. The first-order valence-corrected chi connectivity index (χ1v) is 6.75. The third-order valence-electron chi connectivity index (χ3n) is 3.73. The van der Waals surface area contributed by atoms with Crippen molar-refractivity contribution >= 4 is 32.8 Å². The van der Waals surface area contributed by atoms with Crippen molar-refractivity contribution in [2.45, 2.75) is 0 Å². The molecule has 4 aromatic rings. The van der Waals surface area contributed by atoms with E-state index in [4.69, 9.17) is 0 Å². The van der Waals surface area contributed by atoms with E-state index in [-0.39, 0.29) is 0 Å². The maximum Gasteiger partial charge on any atom is 0.109 e. The molecule has 0 aliphatic rings. The molecule has 0 radical (unpaired) electrons. The summed E-state index contributed by atoms with van der Waals surface area (Å²) in [5.41, 5.74) is 3.31. The number of nitrogens with zero attached hydrogens (tertiary/aromatic N) is 4. The smallest absolute Gasteiger partial charge is 0.109 e. The monoisotopic (exact) mass is 280 g/mol. The van der Waals surface area contributed by atoms with Crippen molar-refractivity contribution in [1.82, 2.24) is 9.97 Å². The molecule has 0 amide bonds. The fraction of sp³-hybridized carbons (Fsp3) is 0. The number of fused-ring (bicyclic) bond motifs is 3. The average Bonchev–Trinajstić information content (AvgIpc) is 2.58. The molecule has 0 aliphatic heterocycles. The molecule has 4 rings (SSSR count). The molecular formula is C18H8N4. The number of aromatic nitrogens is 2. The molecule has 0 bridgehead atoms. The number of benzene rings is 3. The van der Waals surface area contributed by atoms with E-state index in [9.17, 15) is 10.5 Å². The van der Waals surface area contributed by atoms with E-state index in [2.05, 4.69) is 22.1 Å². The summed E-state index contributed by atoms with van der Waals surface area (Å²) in [6.45, 7) is 0. The summed E-state index contributed by atoms with van der Waals surface area (Å²) in [5.74, 6) is 0. The van der Waals surface area contributed by atoms with Crippen LogP contribution in [0.3, 0.4) is 0 Å². The number of nitriles is 2. The molecule has 0 spiro atoms. The lowest BCUT2D eigenvalue weighted by Gasteiger charge is -2.08. The summed E-state index contributed by atoms with van der Waals surface area (Å²) in [6, 6.07) is 19.3. The number of hydrogen-bond acceptors (Lipinski definition) is 4. The van der Waals surface area contributed by atoms with Gasteiger partial charge >= 0.3 is 0 Å². The van der Waals surface area contributed by atoms with Gasteiger partial charge in [-0.2, -0.15) is 10.5 Å². The lowest BCUT2D eigenvalue weighted by atomic mass is 9.98. The molecule has 22 heavy (non-hydrogen) atoms. The Morgan fingerprint density at radius 2 is 1.05 bits per heavy atom. The minimum atomic E-state index is 0.461. The fourth-order valence-corrected chi connectivity index (χ4v) is 2.75. The largest absolute Gasteiger partial charge is 0.243 e. The first-order chi connectivity index (χ1) is 10.8. The van der Waals surface area contributed by atoms with E-state index in [0.29, 0.717) is 33.2 Å². The van der Waals surface area contributed by atoms with Crippen molar-refractivity contribution in [3.05, 3.63) is 59.7 Å². The highest BCUT2D eigenvalue weighted by Crippen LogP contribution is 2.31. The van der Waals surface area contributed by atoms with Crippen molar-refractivity contribution in [2.75, 3.05) is 0 Å². The molecule has 100 valence electrons. The first-order valence-electron chi connectivity index (χ1n) is 6.75. The Balaban J connectivity index is 2.37. The minimum Gasteiger partial charge on any atom is -0.243 e. The molecule has 0 saturated heterocycles. The van der Waals surface area contributed by atoms with Crippen LogP contribution in [0.4, 0.5) is 0 Å². The van der Waals surface area contributed by atoms with Gasteiger partial charge in [-0.05, 0) is 12.1 Å². The molecule has 1 aromatic heterocycles. The van der Waals surface area contributed by atoms with Crippen molar-refractivity contribution in [1.29, 1.82) is 10.5 Å². The number of rotatable bonds is 0. The van der Waals surface area contributed by atoms with E-state index in [1.54, 1.807) is 0 Å². The van der Waals surface area contributed by atoms with Crippen LogP contribution in [0, 0.1) is 22.7 Å². The third-order valence-corrected chi connectivity index (χ3v) is 3.73. The molecule has 3 aromatic carbocycles. The Hall–Kier alpha value is -3.50. The Morgan fingerprint density at radius 3 is 1.45 bits per heavy atom. The highest BCUT2D eigenvalue weighted by molar-refractivity contribution is 6.07. The zero-order chi connectivity index (χ0) is 15.1. The Bertz CT molecular complexity index is 1060. The van der Waals surface area contributed by atoms with E-state index in [1.165, 1.54) is 0 Å². The number of para-hydroxylation sites is 2. The molecule has 0 fully saturated rings. The van der Waals surface area contributed by atoms with Gasteiger partial charge in [-0.15, -0.1) is 0 Å². The molecule has 1 heterocycles. The highest BCUT2D eigenvalue weighted by Gasteiger charge is 2.16. The second-order valence-electron chi connectivity index (χ2n) is 4.93.